The van der Waals surface area contributed by atoms with Gasteiger partial charge in [-0.15, -0.1) is 0 Å². The molecule has 0 spiro atoms. The van der Waals surface area contributed by atoms with E-state index in [2.05, 4.69) is 37.7 Å². The largest absolute Gasteiger partial charge is 0.508 e. The predicted octanol–water partition coefficient (Wildman–Crippen LogP) is 4.05. The molecule has 4 aromatic rings. The van der Waals surface area contributed by atoms with Gasteiger partial charge in [-0.1, -0.05) is 12.1 Å². The van der Waals surface area contributed by atoms with Crippen molar-refractivity contribution in [2.45, 2.75) is 19.9 Å². The molecule has 0 saturated carbocycles. The molecule has 4 N–H and O–H groups in total. The number of aryl methyl sites for hydroxylation is 1. The first-order valence-corrected chi connectivity index (χ1v) is 9.31. The summed E-state index contributed by atoms with van der Waals surface area (Å²) in [4.78, 5) is 11.6. The number of pyridine rings is 1. The van der Waals surface area contributed by atoms with Gasteiger partial charge in [0.05, 0.1) is 11.8 Å². The highest BCUT2D eigenvalue weighted by Gasteiger charge is 2.06. The van der Waals surface area contributed by atoms with E-state index in [1.807, 2.05) is 31.3 Å². The highest BCUT2D eigenvalue weighted by atomic mass is 16.3. The van der Waals surface area contributed by atoms with Crippen LogP contribution < -0.4 is 10.6 Å². The molecule has 0 atom stereocenters. The van der Waals surface area contributed by atoms with Crippen molar-refractivity contribution in [1.29, 1.82) is 0 Å². The van der Waals surface area contributed by atoms with E-state index in [0.29, 0.717) is 0 Å². The molecule has 0 fully saturated rings. The van der Waals surface area contributed by atoms with Gasteiger partial charge in [0.1, 0.15) is 5.75 Å². The third-order valence-electron chi connectivity index (χ3n) is 4.75. The molecule has 2 heterocycles. The molecular formula is C22H23N5O. The Kier molecular flexibility index (Phi) is 5.21. The van der Waals surface area contributed by atoms with E-state index in [0.717, 1.165) is 53.0 Å². The Morgan fingerprint density at radius 1 is 1.07 bits per heavy atom. The first-order chi connectivity index (χ1) is 13.7. The zero-order chi connectivity index (χ0) is 19.3. The zero-order valence-corrected chi connectivity index (χ0v) is 15.7. The van der Waals surface area contributed by atoms with Crippen LogP contribution in [0.4, 0.5) is 11.4 Å². The molecule has 142 valence electrons. The fraction of sp³-hybridized carbons (Fsp3) is 0.182. The second kappa shape index (κ2) is 8.10. The Labute approximate surface area is 163 Å². The fourth-order valence-corrected chi connectivity index (χ4v) is 3.18. The van der Waals surface area contributed by atoms with Gasteiger partial charge in [0.15, 0.2) is 0 Å². The first kappa shape index (κ1) is 18.0. The van der Waals surface area contributed by atoms with Crippen molar-refractivity contribution >= 4 is 22.3 Å². The Bertz CT molecular complexity index is 1080. The van der Waals surface area contributed by atoms with Crippen molar-refractivity contribution in [1.82, 2.24) is 20.3 Å². The molecule has 2 aromatic carbocycles. The lowest BCUT2D eigenvalue weighted by Gasteiger charge is -2.13. The maximum atomic E-state index is 9.80. The van der Waals surface area contributed by atoms with E-state index >= 15 is 0 Å². The molecule has 6 heteroatoms. The van der Waals surface area contributed by atoms with Crippen molar-refractivity contribution in [3.05, 3.63) is 78.0 Å². The van der Waals surface area contributed by atoms with Gasteiger partial charge >= 0.3 is 0 Å². The van der Waals surface area contributed by atoms with Crippen molar-refractivity contribution in [2.24, 2.45) is 0 Å². The summed E-state index contributed by atoms with van der Waals surface area (Å²) in [6.45, 7) is 3.67. The molecule has 0 amide bonds. The Morgan fingerprint density at radius 3 is 2.86 bits per heavy atom. The molecule has 0 aliphatic carbocycles. The molecule has 28 heavy (non-hydrogen) atoms. The van der Waals surface area contributed by atoms with Crippen LogP contribution >= 0.6 is 0 Å². The lowest BCUT2D eigenvalue weighted by Crippen LogP contribution is -2.16. The second-order valence-corrected chi connectivity index (χ2v) is 6.84. The van der Waals surface area contributed by atoms with Crippen LogP contribution in [0, 0.1) is 6.92 Å². The number of fused-ring (bicyclic) bond motifs is 1. The van der Waals surface area contributed by atoms with Crippen molar-refractivity contribution in [3.8, 4) is 5.75 Å². The predicted molar refractivity (Wildman–Crippen MR) is 112 cm³/mol. The average Bonchev–Trinajstić information content (AvgIpc) is 3.22. The van der Waals surface area contributed by atoms with Crippen molar-refractivity contribution in [2.75, 3.05) is 11.9 Å². The van der Waals surface area contributed by atoms with Crippen LogP contribution in [0.1, 0.15) is 16.8 Å². The summed E-state index contributed by atoms with van der Waals surface area (Å²) in [6, 6.07) is 13.6. The van der Waals surface area contributed by atoms with E-state index in [1.54, 1.807) is 24.7 Å². The third-order valence-corrected chi connectivity index (χ3v) is 4.75. The molecule has 2 aromatic heterocycles. The summed E-state index contributed by atoms with van der Waals surface area (Å²) in [7, 11) is 0. The molecule has 0 saturated heterocycles. The van der Waals surface area contributed by atoms with Gasteiger partial charge in [-0.3, -0.25) is 4.98 Å². The summed E-state index contributed by atoms with van der Waals surface area (Å²) in [6.07, 6.45) is 6.27. The van der Waals surface area contributed by atoms with Gasteiger partial charge < -0.3 is 20.7 Å². The second-order valence-electron chi connectivity index (χ2n) is 6.84. The molecule has 4 rings (SSSR count). The number of aromatic amines is 1. The summed E-state index contributed by atoms with van der Waals surface area (Å²) in [5, 5.41) is 17.8. The number of hydrogen-bond acceptors (Lipinski definition) is 5. The number of aromatic hydroxyl groups is 1. The normalized spacial score (nSPS) is 11.0. The number of aromatic nitrogens is 3. The topological polar surface area (TPSA) is 85.9 Å². The Balaban J connectivity index is 1.51. The number of anilines is 2. The number of phenols is 1. The number of imidazole rings is 1. The van der Waals surface area contributed by atoms with Crippen LogP contribution in [0.2, 0.25) is 0 Å². The minimum atomic E-state index is 0.244. The summed E-state index contributed by atoms with van der Waals surface area (Å²) in [5.74, 6) is 0.244. The van der Waals surface area contributed by atoms with Gasteiger partial charge in [0, 0.05) is 60.4 Å². The molecule has 0 aliphatic heterocycles. The zero-order valence-electron chi connectivity index (χ0n) is 15.7. The smallest absolute Gasteiger partial charge is 0.117 e. The number of rotatable bonds is 7. The van der Waals surface area contributed by atoms with E-state index in [9.17, 15) is 5.11 Å². The van der Waals surface area contributed by atoms with Crippen LogP contribution in [-0.4, -0.2) is 26.6 Å². The monoisotopic (exact) mass is 373 g/mol. The summed E-state index contributed by atoms with van der Waals surface area (Å²) < 4.78 is 0. The van der Waals surface area contributed by atoms with Crippen LogP contribution in [0.15, 0.2) is 61.2 Å². The SMILES string of the molecule is Cc1ccc(O)cc1Nc1ccnc2ccc(CNCCc3cnc[nH]3)cc12. The lowest BCUT2D eigenvalue weighted by atomic mass is 10.1. The number of nitrogens with one attached hydrogen (secondary N) is 3. The third kappa shape index (κ3) is 4.13. The highest BCUT2D eigenvalue weighted by molar-refractivity contribution is 5.93. The van der Waals surface area contributed by atoms with Gasteiger partial charge in [0.25, 0.3) is 0 Å². The van der Waals surface area contributed by atoms with E-state index in [4.69, 9.17) is 0 Å². The van der Waals surface area contributed by atoms with Gasteiger partial charge in [-0.2, -0.15) is 0 Å². The van der Waals surface area contributed by atoms with E-state index in [-0.39, 0.29) is 5.75 Å². The number of phenolic OH excluding ortho intramolecular Hbond substituents is 1. The van der Waals surface area contributed by atoms with E-state index < -0.39 is 0 Å². The summed E-state index contributed by atoms with van der Waals surface area (Å²) in [5.41, 5.74) is 6.18. The minimum Gasteiger partial charge on any atom is -0.508 e. The number of hydrogen-bond donors (Lipinski definition) is 4. The maximum absolute atomic E-state index is 9.80. The molecule has 0 bridgehead atoms. The van der Waals surface area contributed by atoms with Gasteiger partial charge in [-0.05, 0) is 42.3 Å². The fourth-order valence-electron chi connectivity index (χ4n) is 3.18. The Morgan fingerprint density at radius 2 is 2.00 bits per heavy atom. The van der Waals surface area contributed by atoms with Crippen molar-refractivity contribution in [3.63, 3.8) is 0 Å². The quantitative estimate of drug-likeness (QED) is 0.367. The number of nitrogens with zero attached hydrogens (tertiary/aromatic N) is 2. The van der Waals surface area contributed by atoms with Crippen LogP contribution in [-0.2, 0) is 13.0 Å². The maximum Gasteiger partial charge on any atom is 0.117 e. The summed E-state index contributed by atoms with van der Waals surface area (Å²) >= 11 is 0. The minimum absolute atomic E-state index is 0.244. The van der Waals surface area contributed by atoms with Crippen LogP contribution in [0.25, 0.3) is 10.9 Å². The van der Waals surface area contributed by atoms with E-state index in [1.165, 1.54) is 5.56 Å². The Hall–Kier alpha value is -3.38. The molecular weight excluding hydrogens is 350 g/mol. The molecule has 0 radical (unpaired) electrons. The van der Waals surface area contributed by atoms with Gasteiger partial charge in [0.2, 0.25) is 0 Å². The molecule has 6 nitrogen and oxygen atoms in total. The lowest BCUT2D eigenvalue weighted by molar-refractivity contribution is 0.475. The molecule has 0 aliphatic rings. The first-order valence-electron chi connectivity index (χ1n) is 9.31. The van der Waals surface area contributed by atoms with Crippen molar-refractivity contribution < 1.29 is 5.11 Å². The highest BCUT2D eigenvalue weighted by Crippen LogP contribution is 2.29. The number of benzene rings is 2. The number of H-pyrrole nitrogens is 1. The average molecular weight is 373 g/mol. The van der Waals surface area contributed by atoms with Crippen LogP contribution in [0.5, 0.6) is 5.75 Å². The molecule has 0 unspecified atom stereocenters. The van der Waals surface area contributed by atoms with Gasteiger partial charge in [-0.25, -0.2) is 4.98 Å². The standard InChI is InChI=1S/C22H23N5O/c1-15-2-4-18(28)11-22(15)27-21-7-9-25-20-5-3-16(10-19(20)21)12-23-8-6-17-13-24-14-26-17/h2-5,7,9-11,13-14,23,28H,6,8,12H2,1H3,(H,24,26)(H,25,27). The van der Waals surface area contributed by atoms with Crippen LogP contribution in [0.3, 0.4) is 0 Å².